The molecule has 0 amide bonds. The van der Waals surface area contributed by atoms with Crippen molar-refractivity contribution in [3.63, 3.8) is 0 Å². The zero-order valence-corrected chi connectivity index (χ0v) is 16.2. The molecule has 1 N–H and O–H groups in total. The van der Waals surface area contributed by atoms with Crippen molar-refractivity contribution < 1.29 is 35.1 Å². The van der Waals surface area contributed by atoms with Gasteiger partial charge in [0.05, 0.1) is 4.90 Å². The van der Waals surface area contributed by atoms with Gasteiger partial charge < -0.3 is 9.66 Å². The van der Waals surface area contributed by atoms with E-state index in [1.165, 1.54) is 63.5 Å². The SMILES string of the molecule is CCCCCCCCCCCCc1ccc(O)c(S(=O)(=O)[O-])c1.[Cu+]. The van der Waals surface area contributed by atoms with Crippen LogP contribution < -0.4 is 0 Å². The fourth-order valence-corrected chi connectivity index (χ4v) is 3.35. The maximum absolute atomic E-state index is 11.0. The summed E-state index contributed by atoms with van der Waals surface area (Å²) in [5.41, 5.74) is 0.789. The zero-order chi connectivity index (χ0) is 17.1. The van der Waals surface area contributed by atoms with Gasteiger partial charge in [-0.2, -0.15) is 0 Å². The molecule has 4 nitrogen and oxygen atoms in total. The molecular formula is C18H29CuO4S. The van der Waals surface area contributed by atoms with Gasteiger partial charge in [0.25, 0.3) is 0 Å². The summed E-state index contributed by atoms with van der Waals surface area (Å²) < 4.78 is 33.1. The van der Waals surface area contributed by atoms with Gasteiger partial charge in [0.2, 0.25) is 0 Å². The number of benzene rings is 1. The van der Waals surface area contributed by atoms with Gasteiger partial charge in [-0.1, -0.05) is 70.8 Å². The molecule has 1 aromatic carbocycles. The minimum Gasteiger partial charge on any atom is -0.744 e. The summed E-state index contributed by atoms with van der Waals surface area (Å²) in [5, 5.41) is 9.44. The second-order valence-corrected chi connectivity index (χ2v) is 7.54. The van der Waals surface area contributed by atoms with E-state index in [4.69, 9.17) is 0 Å². The van der Waals surface area contributed by atoms with Crippen LogP contribution in [-0.4, -0.2) is 18.1 Å². The van der Waals surface area contributed by atoms with Crippen molar-refractivity contribution in [1.29, 1.82) is 0 Å². The summed E-state index contributed by atoms with van der Waals surface area (Å²) in [6.45, 7) is 2.23. The van der Waals surface area contributed by atoms with Crippen LogP contribution in [0, 0.1) is 0 Å². The van der Waals surface area contributed by atoms with Crippen LogP contribution in [0.3, 0.4) is 0 Å². The molecule has 0 radical (unpaired) electrons. The van der Waals surface area contributed by atoms with Crippen molar-refractivity contribution in [1.82, 2.24) is 0 Å². The first-order chi connectivity index (χ1) is 10.9. The molecule has 0 saturated heterocycles. The molecule has 6 heteroatoms. The summed E-state index contributed by atoms with van der Waals surface area (Å²) in [5.74, 6) is -0.466. The Morgan fingerprint density at radius 2 is 1.42 bits per heavy atom. The molecule has 24 heavy (non-hydrogen) atoms. The van der Waals surface area contributed by atoms with E-state index in [0.717, 1.165) is 24.8 Å². The number of phenols is 1. The predicted octanol–water partition coefficient (Wildman–Crippen LogP) is 4.76. The van der Waals surface area contributed by atoms with Gasteiger partial charge in [-0.3, -0.25) is 0 Å². The smallest absolute Gasteiger partial charge is 0.744 e. The molecule has 0 atom stereocenters. The van der Waals surface area contributed by atoms with E-state index in [2.05, 4.69) is 6.92 Å². The minimum absolute atomic E-state index is 0. The summed E-state index contributed by atoms with van der Waals surface area (Å²) in [6.07, 6.45) is 13.2. The van der Waals surface area contributed by atoms with Crippen molar-refractivity contribution in [2.24, 2.45) is 0 Å². The molecule has 0 aliphatic carbocycles. The Morgan fingerprint density at radius 3 is 1.92 bits per heavy atom. The molecule has 0 bridgehead atoms. The maximum Gasteiger partial charge on any atom is 1.00 e. The van der Waals surface area contributed by atoms with E-state index in [9.17, 15) is 18.1 Å². The van der Waals surface area contributed by atoms with Crippen molar-refractivity contribution in [2.45, 2.75) is 82.4 Å². The Morgan fingerprint density at radius 1 is 0.917 bits per heavy atom. The van der Waals surface area contributed by atoms with Crippen LogP contribution in [0.2, 0.25) is 0 Å². The summed E-state index contributed by atoms with van der Waals surface area (Å²) in [4.78, 5) is -0.512. The fourth-order valence-electron chi connectivity index (χ4n) is 2.73. The number of aromatic hydroxyl groups is 1. The molecule has 142 valence electrons. The largest absolute Gasteiger partial charge is 1.00 e. The summed E-state index contributed by atoms with van der Waals surface area (Å²) in [6, 6.07) is 4.26. The number of unbranched alkanes of at least 4 members (excludes halogenated alkanes) is 9. The van der Waals surface area contributed by atoms with Crippen molar-refractivity contribution in [2.75, 3.05) is 0 Å². The number of aryl methyl sites for hydroxylation is 1. The molecule has 0 aromatic heterocycles. The molecule has 1 aromatic rings. The zero-order valence-electron chi connectivity index (χ0n) is 14.4. The molecule has 0 fully saturated rings. The van der Waals surface area contributed by atoms with Crippen LogP contribution in [0.5, 0.6) is 5.75 Å². The van der Waals surface area contributed by atoms with Gasteiger partial charge >= 0.3 is 17.1 Å². The standard InChI is InChI=1S/C18H30O4S.Cu/c1-2-3-4-5-6-7-8-9-10-11-12-16-13-14-17(19)18(15-16)23(20,21)22;/h13-15,19H,2-12H2,1H3,(H,20,21,22);/q;+1/p-1. The number of rotatable bonds is 12. The van der Waals surface area contributed by atoms with E-state index >= 15 is 0 Å². The number of hydrogen-bond donors (Lipinski definition) is 1. The fraction of sp³-hybridized carbons (Fsp3) is 0.667. The van der Waals surface area contributed by atoms with Gasteiger partial charge in [0.15, 0.2) is 0 Å². The Bertz CT molecular complexity index is 558. The molecule has 0 unspecified atom stereocenters. The average molecular weight is 405 g/mol. The number of hydrogen-bond acceptors (Lipinski definition) is 4. The first-order valence-corrected chi connectivity index (χ1v) is 10.1. The third kappa shape index (κ3) is 9.67. The quantitative estimate of drug-likeness (QED) is 0.309. The molecule has 0 heterocycles. The monoisotopic (exact) mass is 404 g/mol. The predicted molar refractivity (Wildman–Crippen MR) is 91.6 cm³/mol. The van der Waals surface area contributed by atoms with Gasteiger partial charge in [0.1, 0.15) is 15.9 Å². The minimum atomic E-state index is -4.61. The molecule has 0 spiro atoms. The first kappa shape index (κ1) is 23.4. The Kier molecular flexibility index (Phi) is 12.5. The first-order valence-electron chi connectivity index (χ1n) is 8.73. The van der Waals surface area contributed by atoms with Crippen molar-refractivity contribution >= 4 is 10.1 Å². The molecular weight excluding hydrogens is 376 g/mol. The van der Waals surface area contributed by atoms with Gasteiger partial charge in [-0.25, -0.2) is 8.42 Å². The van der Waals surface area contributed by atoms with E-state index in [1.54, 1.807) is 6.07 Å². The van der Waals surface area contributed by atoms with E-state index in [1.807, 2.05) is 0 Å². The molecule has 0 aliphatic rings. The van der Waals surface area contributed by atoms with Crippen LogP contribution in [0.1, 0.15) is 76.7 Å². The van der Waals surface area contributed by atoms with Gasteiger partial charge in [-0.05, 0) is 30.5 Å². The van der Waals surface area contributed by atoms with Crippen LogP contribution in [-0.2, 0) is 33.6 Å². The molecule has 0 aliphatic heterocycles. The molecule has 1 rings (SSSR count). The third-order valence-electron chi connectivity index (χ3n) is 4.11. The average Bonchev–Trinajstić information content (AvgIpc) is 2.49. The maximum atomic E-state index is 11.0. The summed E-state index contributed by atoms with van der Waals surface area (Å²) in [7, 11) is -4.61. The Balaban J connectivity index is 0.00000529. The van der Waals surface area contributed by atoms with Crippen LogP contribution in [0.4, 0.5) is 0 Å². The third-order valence-corrected chi connectivity index (χ3v) is 4.98. The second kappa shape index (κ2) is 12.8. The Hall–Kier alpha value is -0.551. The van der Waals surface area contributed by atoms with Gasteiger partial charge in [-0.15, -0.1) is 0 Å². The van der Waals surface area contributed by atoms with E-state index in [-0.39, 0.29) is 17.1 Å². The van der Waals surface area contributed by atoms with Crippen LogP contribution in [0.25, 0.3) is 0 Å². The second-order valence-electron chi connectivity index (χ2n) is 6.19. The Labute approximate surface area is 157 Å². The van der Waals surface area contributed by atoms with Crippen LogP contribution in [0.15, 0.2) is 23.1 Å². The summed E-state index contributed by atoms with van der Waals surface area (Å²) >= 11 is 0. The van der Waals surface area contributed by atoms with E-state index in [0.29, 0.717) is 0 Å². The number of phenolic OH excluding ortho intramolecular Hbond substituents is 1. The van der Waals surface area contributed by atoms with Crippen molar-refractivity contribution in [3.05, 3.63) is 23.8 Å². The normalized spacial score (nSPS) is 11.2. The van der Waals surface area contributed by atoms with Crippen molar-refractivity contribution in [3.8, 4) is 5.75 Å². The van der Waals surface area contributed by atoms with Gasteiger partial charge in [0, 0.05) is 0 Å². The van der Waals surface area contributed by atoms with E-state index < -0.39 is 20.8 Å². The van der Waals surface area contributed by atoms with Crippen LogP contribution >= 0.6 is 0 Å². The molecule has 0 saturated carbocycles. The topological polar surface area (TPSA) is 77.4 Å².